The van der Waals surface area contributed by atoms with E-state index in [0.29, 0.717) is 35.5 Å². The molecular weight excluding hydrogens is 402 g/mol. The van der Waals surface area contributed by atoms with Crippen molar-refractivity contribution in [2.75, 3.05) is 26.7 Å². The minimum atomic E-state index is -0.154. The van der Waals surface area contributed by atoms with Crippen molar-refractivity contribution in [1.29, 1.82) is 0 Å². The fourth-order valence-corrected chi connectivity index (χ4v) is 3.41. The van der Waals surface area contributed by atoms with Crippen molar-refractivity contribution in [2.45, 2.75) is 40.2 Å². The number of likely N-dealkylation sites (N-methyl/N-ethyl adjacent to an activating group) is 1. The van der Waals surface area contributed by atoms with Gasteiger partial charge < -0.3 is 10.1 Å². The maximum Gasteiger partial charge on any atom is 0.263 e. The Hall–Kier alpha value is -3.12. The van der Waals surface area contributed by atoms with E-state index in [9.17, 15) is 9.59 Å². The summed E-state index contributed by atoms with van der Waals surface area (Å²) in [5, 5.41) is 4.23. The Balaban J connectivity index is 1.92. The van der Waals surface area contributed by atoms with Crippen molar-refractivity contribution in [3.8, 4) is 11.4 Å². The lowest BCUT2D eigenvalue weighted by Crippen LogP contribution is -2.40. The van der Waals surface area contributed by atoms with Crippen LogP contribution in [0.15, 0.2) is 53.5 Å². The number of ether oxygens (including phenoxy) is 1. The molecule has 1 amide bonds. The molecule has 3 rings (SSSR count). The van der Waals surface area contributed by atoms with Crippen molar-refractivity contribution in [2.24, 2.45) is 0 Å². The van der Waals surface area contributed by atoms with Gasteiger partial charge in [0.15, 0.2) is 0 Å². The second kappa shape index (κ2) is 9.57. The van der Waals surface area contributed by atoms with E-state index in [-0.39, 0.29) is 17.0 Å². The number of benzene rings is 2. The van der Waals surface area contributed by atoms with Crippen LogP contribution in [0, 0.1) is 6.92 Å². The topological polar surface area (TPSA) is 63.6 Å². The molecule has 0 atom stereocenters. The average molecular weight is 436 g/mol. The average Bonchev–Trinajstić information content (AvgIpc) is 2.74. The Labute approximate surface area is 189 Å². The number of hydrogen-bond acceptors (Lipinski definition) is 4. The van der Waals surface area contributed by atoms with Crippen molar-refractivity contribution >= 4 is 16.7 Å². The fraction of sp³-hybridized carbons (Fsp3) is 0.385. The number of aryl methyl sites for hydroxylation is 1. The first-order valence-corrected chi connectivity index (χ1v) is 11.0. The Morgan fingerprint density at radius 3 is 2.56 bits per heavy atom. The van der Waals surface area contributed by atoms with E-state index in [4.69, 9.17) is 4.74 Å². The number of hydrogen-bond donors (Lipinski definition) is 1. The Bertz CT molecular complexity index is 1180. The molecule has 170 valence electrons. The summed E-state index contributed by atoms with van der Waals surface area (Å²) in [5.74, 6) is 0.515. The van der Waals surface area contributed by atoms with E-state index in [1.165, 1.54) is 0 Å². The predicted octanol–water partition coefficient (Wildman–Crippen LogP) is 4.16. The molecule has 0 saturated heterocycles. The van der Waals surface area contributed by atoms with Crippen LogP contribution in [0.4, 0.5) is 0 Å². The van der Waals surface area contributed by atoms with Crippen molar-refractivity contribution in [3.63, 3.8) is 0 Å². The summed E-state index contributed by atoms with van der Waals surface area (Å²) >= 11 is 0. The van der Waals surface area contributed by atoms with Gasteiger partial charge in [-0.05, 0) is 82.9 Å². The molecule has 0 saturated carbocycles. The van der Waals surface area contributed by atoms with Crippen LogP contribution in [-0.4, -0.2) is 47.7 Å². The fourth-order valence-electron chi connectivity index (χ4n) is 3.41. The smallest absolute Gasteiger partial charge is 0.263 e. The van der Waals surface area contributed by atoms with Gasteiger partial charge in [-0.25, -0.2) is 0 Å². The highest BCUT2D eigenvalue weighted by Crippen LogP contribution is 2.21. The molecule has 2 aromatic carbocycles. The van der Waals surface area contributed by atoms with E-state index in [2.05, 4.69) is 38.0 Å². The molecule has 0 aliphatic carbocycles. The first-order chi connectivity index (χ1) is 15.1. The number of rotatable bonds is 7. The summed E-state index contributed by atoms with van der Waals surface area (Å²) in [4.78, 5) is 27.9. The van der Waals surface area contributed by atoms with E-state index in [1.807, 2.05) is 38.1 Å². The van der Waals surface area contributed by atoms with Crippen LogP contribution in [0.3, 0.4) is 0 Å². The molecule has 32 heavy (non-hydrogen) atoms. The van der Waals surface area contributed by atoms with E-state index in [0.717, 1.165) is 17.5 Å². The summed E-state index contributed by atoms with van der Waals surface area (Å²) < 4.78 is 7.53. The SMILES string of the molecule is CCNC(=O)c1ccc(C)c(-n2ccc3ccc(OCCN(C)C(C)(C)C)cc3c2=O)c1. The van der Waals surface area contributed by atoms with Crippen LogP contribution in [0.2, 0.25) is 0 Å². The van der Waals surface area contributed by atoms with Gasteiger partial charge in [-0.2, -0.15) is 0 Å². The van der Waals surface area contributed by atoms with Gasteiger partial charge in [0.25, 0.3) is 11.5 Å². The molecule has 0 bridgehead atoms. The zero-order valence-corrected chi connectivity index (χ0v) is 19.9. The minimum absolute atomic E-state index is 0.0703. The highest BCUT2D eigenvalue weighted by Gasteiger charge is 2.16. The molecule has 6 nitrogen and oxygen atoms in total. The molecule has 0 aliphatic rings. The van der Waals surface area contributed by atoms with Crippen LogP contribution in [0.25, 0.3) is 16.5 Å². The largest absolute Gasteiger partial charge is 0.492 e. The second-order valence-corrected chi connectivity index (χ2v) is 9.04. The molecule has 3 aromatic rings. The number of fused-ring (bicyclic) bond motifs is 1. The van der Waals surface area contributed by atoms with Gasteiger partial charge in [0.2, 0.25) is 0 Å². The van der Waals surface area contributed by atoms with Crippen LogP contribution < -0.4 is 15.6 Å². The van der Waals surface area contributed by atoms with Gasteiger partial charge in [0, 0.05) is 30.4 Å². The summed E-state index contributed by atoms with van der Waals surface area (Å²) in [6.07, 6.45) is 1.76. The number of nitrogens with one attached hydrogen (secondary N) is 1. The second-order valence-electron chi connectivity index (χ2n) is 9.04. The van der Waals surface area contributed by atoms with Crippen molar-refractivity contribution in [3.05, 3.63) is 70.1 Å². The first kappa shape index (κ1) is 23.5. The van der Waals surface area contributed by atoms with E-state index in [1.54, 1.807) is 29.0 Å². The lowest BCUT2D eigenvalue weighted by Gasteiger charge is -2.31. The van der Waals surface area contributed by atoms with E-state index < -0.39 is 0 Å². The molecule has 0 unspecified atom stereocenters. The molecule has 0 radical (unpaired) electrons. The number of carbonyl (C=O) groups excluding carboxylic acids is 1. The summed E-state index contributed by atoms with van der Waals surface area (Å²) in [6.45, 7) is 12.2. The molecule has 1 heterocycles. The maximum atomic E-state index is 13.4. The van der Waals surface area contributed by atoms with Gasteiger partial charge in [-0.15, -0.1) is 0 Å². The Morgan fingerprint density at radius 1 is 1.12 bits per heavy atom. The van der Waals surface area contributed by atoms with Crippen molar-refractivity contribution < 1.29 is 9.53 Å². The van der Waals surface area contributed by atoms with Gasteiger partial charge >= 0.3 is 0 Å². The van der Waals surface area contributed by atoms with Crippen molar-refractivity contribution in [1.82, 2.24) is 14.8 Å². The quantitative estimate of drug-likeness (QED) is 0.605. The highest BCUT2D eigenvalue weighted by atomic mass is 16.5. The van der Waals surface area contributed by atoms with Gasteiger partial charge in [0.1, 0.15) is 12.4 Å². The molecule has 1 N–H and O–H groups in total. The Kier molecular flexibility index (Phi) is 7.04. The number of carbonyl (C=O) groups is 1. The highest BCUT2D eigenvalue weighted by molar-refractivity contribution is 5.95. The predicted molar refractivity (Wildman–Crippen MR) is 130 cm³/mol. The lowest BCUT2D eigenvalue weighted by atomic mass is 10.1. The molecule has 1 aromatic heterocycles. The first-order valence-electron chi connectivity index (χ1n) is 11.0. The number of pyridine rings is 1. The molecule has 0 fully saturated rings. The molecule has 6 heteroatoms. The zero-order valence-electron chi connectivity index (χ0n) is 19.9. The normalized spacial score (nSPS) is 11.7. The lowest BCUT2D eigenvalue weighted by molar-refractivity contribution is 0.0956. The zero-order chi connectivity index (χ0) is 23.5. The Morgan fingerprint density at radius 2 is 1.88 bits per heavy atom. The monoisotopic (exact) mass is 435 g/mol. The third-order valence-electron chi connectivity index (χ3n) is 5.79. The van der Waals surface area contributed by atoms with Gasteiger partial charge in [0.05, 0.1) is 11.1 Å². The van der Waals surface area contributed by atoms with Crippen LogP contribution in [0.5, 0.6) is 5.75 Å². The van der Waals surface area contributed by atoms with Gasteiger partial charge in [-0.1, -0.05) is 12.1 Å². The minimum Gasteiger partial charge on any atom is -0.492 e. The summed E-state index contributed by atoms with van der Waals surface area (Å²) in [6, 6.07) is 12.9. The molecular formula is C26H33N3O3. The summed E-state index contributed by atoms with van der Waals surface area (Å²) in [7, 11) is 2.07. The van der Waals surface area contributed by atoms with Crippen LogP contribution in [-0.2, 0) is 0 Å². The third-order valence-corrected chi connectivity index (χ3v) is 5.79. The number of aromatic nitrogens is 1. The number of amides is 1. The molecule has 0 spiro atoms. The third kappa shape index (κ3) is 5.19. The molecule has 0 aliphatic heterocycles. The number of nitrogens with zero attached hydrogens (tertiary/aromatic N) is 2. The maximum absolute atomic E-state index is 13.4. The van der Waals surface area contributed by atoms with Crippen LogP contribution in [0.1, 0.15) is 43.6 Å². The van der Waals surface area contributed by atoms with Crippen LogP contribution >= 0.6 is 0 Å². The van der Waals surface area contributed by atoms with Gasteiger partial charge in [-0.3, -0.25) is 19.1 Å². The van der Waals surface area contributed by atoms with E-state index >= 15 is 0 Å². The summed E-state index contributed by atoms with van der Waals surface area (Å²) in [5.41, 5.74) is 2.06. The standard InChI is InChI=1S/C26H33N3O3/c1-7-27-24(30)20-9-8-18(2)23(16-20)29-13-12-19-10-11-21(17-22(19)25(29)31)32-15-14-28(6)26(3,4)5/h8-13,16-17H,7,14-15H2,1-6H3,(H,27,30).